The van der Waals surface area contributed by atoms with Gasteiger partial charge in [-0.2, -0.15) is 0 Å². The molecule has 9 heteroatoms. The number of aliphatic hydroxyl groups excluding tert-OH is 1. The van der Waals surface area contributed by atoms with E-state index in [1.807, 2.05) is 37.8 Å². The molecule has 1 aliphatic carbocycles. The van der Waals surface area contributed by atoms with E-state index in [0.29, 0.717) is 42.5 Å². The van der Waals surface area contributed by atoms with E-state index in [0.717, 1.165) is 49.6 Å². The summed E-state index contributed by atoms with van der Waals surface area (Å²) in [7, 11) is -1.99. The Hall–Kier alpha value is -3.66. The van der Waals surface area contributed by atoms with Gasteiger partial charge in [-0.3, -0.25) is 0 Å². The van der Waals surface area contributed by atoms with Gasteiger partial charge in [-0.15, -0.1) is 0 Å². The molecule has 8 nitrogen and oxygen atoms in total. The lowest BCUT2D eigenvalue weighted by Gasteiger charge is -2.40. The highest BCUT2D eigenvalue weighted by Gasteiger charge is 2.55. The number of likely N-dealkylation sites (tertiary alicyclic amines) is 1. The highest BCUT2D eigenvalue weighted by Crippen LogP contribution is 2.55. The number of hydrogen-bond donors (Lipinski definition) is 1. The maximum absolute atomic E-state index is 12.5. The van der Waals surface area contributed by atoms with E-state index < -0.39 is 14.6 Å². The molecule has 1 aromatic heterocycles. The van der Waals surface area contributed by atoms with E-state index in [1.54, 1.807) is 0 Å². The van der Waals surface area contributed by atoms with Crippen LogP contribution >= 0.6 is 0 Å². The summed E-state index contributed by atoms with van der Waals surface area (Å²) < 4.78 is 25.3. The van der Waals surface area contributed by atoms with Gasteiger partial charge in [0, 0.05) is 23.9 Å². The molecule has 1 amide bonds. The molecule has 3 aromatic carbocycles. The molecule has 50 heavy (non-hydrogen) atoms. The summed E-state index contributed by atoms with van der Waals surface area (Å²) >= 11 is 0. The summed E-state index contributed by atoms with van der Waals surface area (Å²) in [6, 6.07) is 25.3. The van der Waals surface area contributed by atoms with Gasteiger partial charge in [-0.05, 0) is 93.1 Å². The molecule has 268 valence electrons. The van der Waals surface area contributed by atoms with Gasteiger partial charge in [-0.1, -0.05) is 86.6 Å². The zero-order chi connectivity index (χ0) is 35.5. The van der Waals surface area contributed by atoms with Crippen LogP contribution in [0.15, 0.2) is 77.3 Å². The molecule has 1 N–H and O–H groups in total. The van der Waals surface area contributed by atoms with Crippen molar-refractivity contribution in [1.29, 1.82) is 0 Å². The zero-order valence-electron chi connectivity index (χ0n) is 30.6. The zero-order valence-corrected chi connectivity index (χ0v) is 31.8. The van der Waals surface area contributed by atoms with E-state index in [-0.39, 0.29) is 29.6 Å². The Kier molecular flexibility index (Phi) is 10.8. The maximum Gasteiger partial charge on any atom is 0.410 e. The van der Waals surface area contributed by atoms with Gasteiger partial charge >= 0.3 is 6.09 Å². The van der Waals surface area contributed by atoms with Gasteiger partial charge in [0.05, 0.1) is 30.6 Å². The second kappa shape index (κ2) is 14.9. The average molecular weight is 699 g/mol. The SMILES string of the molecule is CC(C)(C)OC(=O)N1CCC(CCc2noc3c(CO)c(OCC4(C(O[SiH](c5ccccc5)c5ccccc5)C(C)(C)C)CC4)ccc23)CC1. The summed E-state index contributed by atoms with van der Waals surface area (Å²) in [6.07, 6.45) is 5.43. The molecule has 6 rings (SSSR count). The summed E-state index contributed by atoms with van der Waals surface area (Å²) in [6.45, 7) is 14.2. The Labute approximate surface area is 298 Å². The first-order valence-electron chi connectivity index (χ1n) is 18.2. The van der Waals surface area contributed by atoms with Gasteiger partial charge in [0.1, 0.15) is 11.4 Å². The number of carbonyl (C=O) groups excluding carboxylic acids is 1. The lowest BCUT2D eigenvalue weighted by molar-refractivity contribution is 0.000764. The van der Waals surface area contributed by atoms with Crippen LogP contribution in [0.2, 0.25) is 0 Å². The number of aromatic nitrogens is 1. The van der Waals surface area contributed by atoms with Crippen LogP contribution < -0.4 is 15.1 Å². The monoisotopic (exact) mass is 698 g/mol. The van der Waals surface area contributed by atoms with Gasteiger partial charge < -0.3 is 28.4 Å². The van der Waals surface area contributed by atoms with Gasteiger partial charge in [0.15, 0.2) is 5.58 Å². The molecule has 1 unspecified atom stereocenters. The Morgan fingerprint density at radius 1 is 0.960 bits per heavy atom. The van der Waals surface area contributed by atoms with E-state index in [9.17, 15) is 9.90 Å². The Morgan fingerprint density at radius 2 is 1.58 bits per heavy atom. The van der Waals surface area contributed by atoms with Crippen LogP contribution in [0, 0.1) is 16.7 Å². The third-order valence-electron chi connectivity index (χ3n) is 10.2. The predicted molar refractivity (Wildman–Crippen MR) is 200 cm³/mol. The van der Waals surface area contributed by atoms with Crippen molar-refractivity contribution in [3.05, 3.63) is 84.1 Å². The molecule has 1 saturated carbocycles. The molecule has 0 spiro atoms. The number of aliphatic hydroxyl groups is 1. The van der Waals surface area contributed by atoms with Gasteiger partial charge in [-0.25, -0.2) is 4.79 Å². The van der Waals surface area contributed by atoms with Crippen molar-refractivity contribution in [2.24, 2.45) is 16.7 Å². The summed E-state index contributed by atoms with van der Waals surface area (Å²) in [4.78, 5) is 14.3. The molecule has 4 aromatic rings. The van der Waals surface area contributed by atoms with Crippen LogP contribution in [0.3, 0.4) is 0 Å². The topological polar surface area (TPSA) is 94.3 Å². The quantitative estimate of drug-likeness (QED) is 0.159. The van der Waals surface area contributed by atoms with Crippen LogP contribution in [0.5, 0.6) is 5.75 Å². The van der Waals surface area contributed by atoms with E-state index in [2.05, 4.69) is 86.6 Å². The first-order chi connectivity index (χ1) is 23.9. The van der Waals surface area contributed by atoms with Crippen molar-refractivity contribution in [2.45, 2.75) is 98.4 Å². The predicted octanol–water partition coefficient (Wildman–Crippen LogP) is 7.03. The molecule has 2 heterocycles. The van der Waals surface area contributed by atoms with E-state index in [1.165, 1.54) is 10.4 Å². The highest BCUT2D eigenvalue weighted by atomic mass is 28.3. The van der Waals surface area contributed by atoms with E-state index >= 15 is 0 Å². The van der Waals surface area contributed by atoms with Crippen LogP contribution in [0.4, 0.5) is 4.79 Å². The van der Waals surface area contributed by atoms with Crippen molar-refractivity contribution < 1.29 is 28.3 Å². The number of amides is 1. The third-order valence-corrected chi connectivity index (χ3v) is 12.7. The normalized spacial score (nSPS) is 17.2. The number of hydrogen-bond acceptors (Lipinski definition) is 7. The summed E-state index contributed by atoms with van der Waals surface area (Å²) in [5.74, 6) is 1.13. The van der Waals surface area contributed by atoms with Crippen molar-refractivity contribution in [3.8, 4) is 5.75 Å². The van der Waals surface area contributed by atoms with E-state index in [4.69, 9.17) is 18.4 Å². The number of fused-ring (bicyclic) bond motifs is 1. The summed E-state index contributed by atoms with van der Waals surface area (Å²) in [5.41, 5.74) is 1.41. The average Bonchev–Trinajstić information content (AvgIpc) is 3.76. The molecular formula is C41H54N2O6Si. The lowest BCUT2D eigenvalue weighted by atomic mass is 9.79. The Morgan fingerprint density at radius 3 is 2.12 bits per heavy atom. The van der Waals surface area contributed by atoms with Crippen molar-refractivity contribution >= 4 is 36.5 Å². The summed E-state index contributed by atoms with van der Waals surface area (Å²) in [5, 5.41) is 18.4. The minimum absolute atomic E-state index is 0.0127. The van der Waals surface area contributed by atoms with Crippen LogP contribution in [0.1, 0.15) is 84.9 Å². The molecule has 1 saturated heterocycles. The lowest BCUT2D eigenvalue weighted by Crippen LogP contribution is -2.53. The van der Waals surface area contributed by atoms with Crippen LogP contribution in [-0.2, 0) is 22.2 Å². The number of carbonyl (C=O) groups is 1. The van der Waals surface area contributed by atoms with Gasteiger partial charge in [0.2, 0.25) is 9.04 Å². The van der Waals surface area contributed by atoms with Crippen molar-refractivity contribution in [1.82, 2.24) is 10.1 Å². The van der Waals surface area contributed by atoms with Gasteiger partial charge in [0.25, 0.3) is 0 Å². The molecule has 1 aliphatic heterocycles. The smallest absolute Gasteiger partial charge is 0.410 e. The maximum atomic E-state index is 12.5. The molecule has 0 radical (unpaired) electrons. The standard InChI is InChI=1S/C41H54N2O6Si/c1-39(2,3)37(49-50(30-13-9-7-10-14-30)31-15-11-8-12-16-31)41(23-24-41)28-46-35-20-18-32-34(42-48-36(32)33(35)27-44)19-17-29-21-25-43(26-22-29)38(45)47-40(4,5)6/h7-16,18,20,29,37,44,50H,17,19,21-28H2,1-6H3. The number of rotatable bonds is 12. The minimum Gasteiger partial charge on any atom is -0.492 e. The molecule has 0 bridgehead atoms. The number of ether oxygens (including phenoxy) is 2. The molecule has 1 atom stereocenters. The first kappa shape index (κ1) is 36.1. The molecule has 2 fully saturated rings. The highest BCUT2D eigenvalue weighted by molar-refractivity contribution is 6.80. The second-order valence-corrected chi connectivity index (χ2v) is 18.8. The number of piperidine rings is 1. The number of aryl methyl sites for hydroxylation is 1. The van der Waals surface area contributed by atoms with Crippen LogP contribution in [-0.4, -0.2) is 61.7 Å². The Balaban J connectivity index is 1.12. The van der Waals surface area contributed by atoms with Crippen molar-refractivity contribution in [3.63, 3.8) is 0 Å². The minimum atomic E-state index is -1.99. The van der Waals surface area contributed by atoms with Crippen molar-refractivity contribution in [2.75, 3.05) is 19.7 Å². The largest absolute Gasteiger partial charge is 0.492 e. The second-order valence-electron chi connectivity index (χ2n) is 16.4. The van der Waals surface area contributed by atoms with Crippen LogP contribution in [0.25, 0.3) is 11.0 Å². The third kappa shape index (κ3) is 8.44. The molecule has 2 aliphatic rings. The first-order valence-corrected chi connectivity index (χ1v) is 19.9. The number of benzene rings is 3. The molecular weight excluding hydrogens is 645 g/mol. The fourth-order valence-electron chi connectivity index (χ4n) is 7.50. The Bertz CT molecular complexity index is 1680. The fourth-order valence-corrected chi connectivity index (χ4v) is 10.3. The number of nitrogens with zero attached hydrogens (tertiary/aromatic N) is 2. The fraction of sp³-hybridized carbons (Fsp3) is 0.512.